The van der Waals surface area contributed by atoms with Gasteiger partial charge in [-0.05, 0) is 68.3 Å². The summed E-state index contributed by atoms with van der Waals surface area (Å²) in [4.78, 5) is 29.8. The molecule has 0 aliphatic rings. The summed E-state index contributed by atoms with van der Waals surface area (Å²) < 4.78 is 41.3. The van der Waals surface area contributed by atoms with Crippen LogP contribution < -0.4 is 19.1 Å². The number of nitrogens with zero attached hydrogens (tertiary/aromatic N) is 2. The van der Waals surface area contributed by atoms with E-state index in [1.54, 1.807) is 24.3 Å². The lowest BCUT2D eigenvalue weighted by Crippen LogP contribution is -2.54. The lowest BCUT2D eigenvalue weighted by Gasteiger charge is -2.34. The number of benzene rings is 4. The standard InChI is InChI=1S/C36H40BrN3O6S/c1-25(2)38-36(42)32(21-27-9-7-6-8-10-27)39(23-28-13-15-29(37)16-14-28)35(41)24-40(30-17-11-26(3)12-18-30)47(43,44)31-19-20-33(45-4)34(22-31)46-5/h6-20,22,25,32H,21,23-24H2,1-5H3,(H,38,42)/t32-/m1/s1. The number of aryl methyl sites for hydroxylation is 1. The zero-order valence-electron chi connectivity index (χ0n) is 27.1. The van der Waals surface area contributed by atoms with E-state index >= 15 is 0 Å². The predicted molar refractivity (Wildman–Crippen MR) is 187 cm³/mol. The molecule has 0 spiro atoms. The Morgan fingerprint density at radius 3 is 2.06 bits per heavy atom. The highest BCUT2D eigenvalue weighted by Gasteiger charge is 2.35. The Balaban J connectivity index is 1.82. The van der Waals surface area contributed by atoms with E-state index in [1.807, 2.05) is 75.4 Å². The van der Waals surface area contributed by atoms with Crippen molar-refractivity contribution in [2.75, 3.05) is 25.1 Å². The third-order valence-corrected chi connectivity index (χ3v) is 9.81. The number of nitrogens with one attached hydrogen (secondary N) is 1. The summed E-state index contributed by atoms with van der Waals surface area (Å²) in [6, 6.07) is 26.9. The number of hydrogen-bond acceptors (Lipinski definition) is 6. The van der Waals surface area contributed by atoms with E-state index in [2.05, 4.69) is 21.2 Å². The molecule has 0 fully saturated rings. The molecule has 0 aromatic heterocycles. The minimum Gasteiger partial charge on any atom is -0.493 e. The van der Waals surface area contributed by atoms with Crippen molar-refractivity contribution in [3.8, 4) is 11.5 Å². The van der Waals surface area contributed by atoms with Crippen molar-refractivity contribution in [3.63, 3.8) is 0 Å². The van der Waals surface area contributed by atoms with E-state index in [9.17, 15) is 18.0 Å². The number of rotatable bonds is 14. The highest BCUT2D eigenvalue weighted by molar-refractivity contribution is 9.10. The Kier molecular flexibility index (Phi) is 12.1. The molecule has 1 N–H and O–H groups in total. The highest BCUT2D eigenvalue weighted by Crippen LogP contribution is 2.32. The van der Waals surface area contributed by atoms with Crippen LogP contribution in [0.15, 0.2) is 106 Å². The van der Waals surface area contributed by atoms with Gasteiger partial charge in [-0.3, -0.25) is 13.9 Å². The van der Waals surface area contributed by atoms with Gasteiger partial charge in [0.25, 0.3) is 10.0 Å². The van der Waals surface area contributed by atoms with Crippen molar-refractivity contribution in [2.45, 2.75) is 50.7 Å². The van der Waals surface area contributed by atoms with Gasteiger partial charge >= 0.3 is 0 Å². The second-order valence-electron chi connectivity index (χ2n) is 11.4. The number of halogens is 1. The van der Waals surface area contributed by atoms with E-state index in [1.165, 1.54) is 37.3 Å². The Morgan fingerprint density at radius 2 is 1.47 bits per heavy atom. The summed E-state index contributed by atoms with van der Waals surface area (Å²) in [7, 11) is -1.43. The summed E-state index contributed by atoms with van der Waals surface area (Å²) in [5.74, 6) is -0.282. The number of sulfonamides is 1. The molecule has 1 atom stereocenters. The first kappa shape index (κ1) is 35.5. The monoisotopic (exact) mass is 721 g/mol. The van der Waals surface area contributed by atoms with Crippen molar-refractivity contribution in [1.82, 2.24) is 10.2 Å². The predicted octanol–water partition coefficient (Wildman–Crippen LogP) is 6.13. The number of anilines is 1. The molecule has 47 heavy (non-hydrogen) atoms. The SMILES string of the molecule is COc1ccc(S(=O)(=O)N(CC(=O)N(Cc2ccc(Br)cc2)[C@H](Cc2ccccc2)C(=O)NC(C)C)c2ccc(C)cc2)cc1OC. The van der Waals surface area contributed by atoms with Crippen molar-refractivity contribution in [1.29, 1.82) is 0 Å². The largest absolute Gasteiger partial charge is 0.493 e. The molecule has 0 bridgehead atoms. The summed E-state index contributed by atoms with van der Waals surface area (Å²) in [6.07, 6.45) is 0.231. The lowest BCUT2D eigenvalue weighted by molar-refractivity contribution is -0.140. The third-order valence-electron chi connectivity index (χ3n) is 7.51. The van der Waals surface area contributed by atoms with Crippen molar-refractivity contribution in [2.24, 2.45) is 0 Å². The second-order valence-corrected chi connectivity index (χ2v) is 14.2. The number of ether oxygens (including phenoxy) is 2. The molecule has 0 unspecified atom stereocenters. The first-order valence-electron chi connectivity index (χ1n) is 15.1. The zero-order valence-corrected chi connectivity index (χ0v) is 29.5. The minimum absolute atomic E-state index is 0.0767. The molecule has 4 rings (SSSR count). The number of hydrogen-bond donors (Lipinski definition) is 1. The maximum Gasteiger partial charge on any atom is 0.264 e. The van der Waals surface area contributed by atoms with E-state index in [0.717, 1.165) is 25.5 Å². The van der Waals surface area contributed by atoms with E-state index < -0.39 is 28.5 Å². The molecule has 0 heterocycles. The molecular formula is C36H40BrN3O6S. The summed E-state index contributed by atoms with van der Waals surface area (Å²) in [6.45, 7) is 5.12. The highest BCUT2D eigenvalue weighted by atomic mass is 79.9. The molecule has 0 radical (unpaired) electrons. The van der Waals surface area contributed by atoms with Crippen LogP contribution in [0.1, 0.15) is 30.5 Å². The Bertz CT molecular complexity index is 1770. The van der Waals surface area contributed by atoms with Gasteiger partial charge in [-0.25, -0.2) is 8.42 Å². The fourth-order valence-electron chi connectivity index (χ4n) is 5.07. The van der Waals surface area contributed by atoms with Crippen LogP contribution >= 0.6 is 15.9 Å². The summed E-state index contributed by atoms with van der Waals surface area (Å²) >= 11 is 3.46. The van der Waals surface area contributed by atoms with Gasteiger partial charge in [-0.2, -0.15) is 0 Å². The number of carbonyl (C=O) groups excluding carboxylic acids is 2. The van der Waals surface area contributed by atoms with Gasteiger partial charge < -0.3 is 19.7 Å². The van der Waals surface area contributed by atoms with Gasteiger partial charge in [0.15, 0.2) is 11.5 Å². The first-order chi connectivity index (χ1) is 22.4. The fourth-order valence-corrected chi connectivity index (χ4v) is 6.76. The lowest BCUT2D eigenvalue weighted by atomic mass is 10.0. The van der Waals surface area contributed by atoms with Crippen LogP contribution in [0.5, 0.6) is 11.5 Å². The summed E-state index contributed by atoms with van der Waals surface area (Å²) in [5.41, 5.74) is 2.86. The molecule has 4 aromatic carbocycles. The molecule has 0 aliphatic heterocycles. The molecule has 2 amide bonds. The van der Waals surface area contributed by atoms with Crippen LogP contribution in [0.3, 0.4) is 0 Å². The van der Waals surface area contributed by atoms with Crippen molar-refractivity contribution in [3.05, 3.63) is 118 Å². The van der Waals surface area contributed by atoms with Crippen LogP contribution in [0.25, 0.3) is 0 Å². The van der Waals surface area contributed by atoms with Gasteiger partial charge in [0.1, 0.15) is 12.6 Å². The summed E-state index contributed by atoms with van der Waals surface area (Å²) in [5, 5.41) is 2.97. The zero-order chi connectivity index (χ0) is 34.1. The Hall–Kier alpha value is -4.35. The Morgan fingerprint density at radius 1 is 0.830 bits per heavy atom. The molecule has 0 aliphatic carbocycles. The van der Waals surface area contributed by atoms with Gasteiger partial charge in [0, 0.05) is 29.5 Å². The quantitative estimate of drug-likeness (QED) is 0.168. The Labute approximate surface area is 285 Å². The van der Waals surface area contributed by atoms with Crippen LogP contribution in [0, 0.1) is 6.92 Å². The maximum absolute atomic E-state index is 14.6. The molecule has 9 nitrogen and oxygen atoms in total. The molecule has 0 saturated carbocycles. The van der Waals surface area contributed by atoms with Crippen molar-refractivity contribution < 1.29 is 27.5 Å². The van der Waals surface area contributed by atoms with E-state index in [0.29, 0.717) is 11.4 Å². The average Bonchev–Trinajstić information content (AvgIpc) is 3.06. The fraction of sp³-hybridized carbons (Fsp3) is 0.278. The maximum atomic E-state index is 14.6. The van der Waals surface area contributed by atoms with Gasteiger partial charge in [0.05, 0.1) is 24.8 Å². The molecular weight excluding hydrogens is 682 g/mol. The minimum atomic E-state index is -4.31. The molecule has 248 valence electrons. The molecule has 11 heteroatoms. The number of amides is 2. The number of methoxy groups -OCH3 is 2. The average molecular weight is 723 g/mol. The van der Waals surface area contributed by atoms with Crippen LogP contribution in [-0.4, -0.2) is 58.0 Å². The van der Waals surface area contributed by atoms with Gasteiger partial charge in [0.2, 0.25) is 11.8 Å². The first-order valence-corrected chi connectivity index (χ1v) is 17.4. The van der Waals surface area contributed by atoms with Gasteiger partial charge in [-0.15, -0.1) is 0 Å². The topological polar surface area (TPSA) is 105 Å². The smallest absolute Gasteiger partial charge is 0.264 e. The van der Waals surface area contributed by atoms with E-state index in [-0.39, 0.29) is 35.6 Å². The van der Waals surface area contributed by atoms with Crippen molar-refractivity contribution >= 4 is 43.5 Å². The van der Waals surface area contributed by atoms with Crippen LogP contribution in [-0.2, 0) is 32.6 Å². The second kappa shape index (κ2) is 16.0. The van der Waals surface area contributed by atoms with E-state index in [4.69, 9.17) is 9.47 Å². The third kappa shape index (κ3) is 9.14. The normalized spacial score (nSPS) is 11.9. The number of carbonyl (C=O) groups is 2. The molecule has 0 saturated heterocycles. The molecule has 4 aromatic rings. The van der Waals surface area contributed by atoms with Crippen LogP contribution in [0.4, 0.5) is 5.69 Å². The van der Waals surface area contributed by atoms with Gasteiger partial charge in [-0.1, -0.05) is 76.1 Å². The van der Waals surface area contributed by atoms with Crippen LogP contribution in [0.2, 0.25) is 0 Å².